The Labute approximate surface area is 158 Å². The number of rotatable bonds is 3. The second-order valence-electron chi connectivity index (χ2n) is 5.26. The van der Waals surface area contributed by atoms with Crippen LogP contribution in [-0.2, 0) is 0 Å². The van der Waals surface area contributed by atoms with Crippen LogP contribution in [0.2, 0.25) is 5.02 Å². The number of amides is 1. The fourth-order valence-electron chi connectivity index (χ4n) is 2.54. The number of carbonyl (C=O) groups excluding carboxylic acids is 1. The van der Waals surface area contributed by atoms with Crippen LogP contribution in [0.4, 0.5) is 14.0 Å². The lowest BCUT2D eigenvalue weighted by Gasteiger charge is -2.26. The van der Waals surface area contributed by atoms with Crippen molar-refractivity contribution in [3.8, 4) is 5.75 Å². The predicted molar refractivity (Wildman–Crippen MR) is 97.1 cm³/mol. The van der Waals surface area contributed by atoms with Gasteiger partial charge in [-0.05, 0) is 30.3 Å². The first kappa shape index (κ1) is 19.8. The fraction of sp³-hybridized carbons (Fsp3) is 0.188. The van der Waals surface area contributed by atoms with Gasteiger partial charge >= 0.3 is 0 Å². The molecule has 25 heavy (non-hydrogen) atoms. The van der Waals surface area contributed by atoms with Crippen molar-refractivity contribution in [2.24, 2.45) is 5.73 Å². The fourth-order valence-corrected chi connectivity index (χ4v) is 3.17. The van der Waals surface area contributed by atoms with Crippen LogP contribution in [-0.4, -0.2) is 12.5 Å². The van der Waals surface area contributed by atoms with E-state index >= 15 is 0 Å². The lowest BCUT2D eigenvalue weighted by molar-refractivity contribution is 0.102. The van der Waals surface area contributed by atoms with E-state index in [1.165, 1.54) is 24.3 Å². The summed E-state index contributed by atoms with van der Waals surface area (Å²) < 4.78 is 31.9. The van der Waals surface area contributed by atoms with Gasteiger partial charge in [0.05, 0.1) is 29.3 Å². The molecule has 0 bridgehead atoms. The zero-order valence-electron chi connectivity index (χ0n) is 12.7. The summed E-state index contributed by atoms with van der Waals surface area (Å²) in [6.45, 7) is 0.344. The molecular formula is C16H14Cl2F2N2O2S. The first-order valence-corrected chi connectivity index (χ1v) is 8.21. The second-order valence-corrected chi connectivity index (χ2v) is 6.26. The Balaban J connectivity index is 0.00000225. The Morgan fingerprint density at radius 1 is 1.36 bits per heavy atom. The Bertz CT molecular complexity index is 808. The number of anilines is 1. The molecule has 0 saturated carbocycles. The van der Waals surface area contributed by atoms with Crippen LogP contribution >= 0.6 is 36.2 Å². The average molecular weight is 407 g/mol. The van der Waals surface area contributed by atoms with E-state index in [0.717, 1.165) is 6.07 Å². The van der Waals surface area contributed by atoms with E-state index in [1.54, 1.807) is 0 Å². The number of benzene rings is 2. The van der Waals surface area contributed by atoms with Gasteiger partial charge in [-0.3, -0.25) is 4.79 Å². The standard InChI is InChI=1S/C16H13ClF2N2O2S.ClH/c17-10-7-8(1-3-11(10)18)21-16(22)9-2-4-13(24-19)14-12(20)5-6-23-15(9)14;/h1-4,7,12H,5-6,20H2,(H,21,22);1H. The van der Waals surface area contributed by atoms with Crippen LogP contribution < -0.4 is 15.8 Å². The van der Waals surface area contributed by atoms with Crippen molar-refractivity contribution in [1.82, 2.24) is 0 Å². The molecule has 1 atom stereocenters. The summed E-state index contributed by atoms with van der Waals surface area (Å²) in [6, 6.07) is 6.41. The van der Waals surface area contributed by atoms with Gasteiger partial charge in [0.1, 0.15) is 11.6 Å². The zero-order chi connectivity index (χ0) is 17.3. The molecule has 0 aliphatic carbocycles. The number of nitrogens with one attached hydrogen (secondary N) is 1. The second kappa shape index (κ2) is 8.23. The number of hydrogen-bond donors (Lipinski definition) is 2. The summed E-state index contributed by atoms with van der Waals surface area (Å²) >= 11 is 5.77. The van der Waals surface area contributed by atoms with E-state index in [2.05, 4.69) is 5.32 Å². The van der Waals surface area contributed by atoms with Crippen LogP contribution in [0.25, 0.3) is 0 Å². The molecule has 0 radical (unpaired) electrons. The maximum atomic E-state index is 13.2. The van der Waals surface area contributed by atoms with Gasteiger partial charge in [-0.25, -0.2) is 4.39 Å². The molecule has 1 amide bonds. The molecule has 134 valence electrons. The Morgan fingerprint density at radius 3 is 2.80 bits per heavy atom. The van der Waals surface area contributed by atoms with Crippen molar-refractivity contribution in [2.45, 2.75) is 17.4 Å². The van der Waals surface area contributed by atoms with E-state index in [4.69, 9.17) is 22.1 Å². The first-order chi connectivity index (χ1) is 11.5. The summed E-state index contributed by atoms with van der Waals surface area (Å²) in [6.07, 6.45) is 0.541. The van der Waals surface area contributed by atoms with Gasteiger partial charge in [-0.15, -0.1) is 12.4 Å². The van der Waals surface area contributed by atoms with Crippen molar-refractivity contribution < 1.29 is 17.8 Å². The molecule has 0 saturated heterocycles. The minimum atomic E-state index is -0.578. The highest BCUT2D eigenvalue weighted by molar-refractivity contribution is 7.94. The Hall–Kier alpha value is -1.54. The van der Waals surface area contributed by atoms with Crippen molar-refractivity contribution >= 4 is 47.8 Å². The third kappa shape index (κ3) is 4.00. The number of fused-ring (bicyclic) bond motifs is 1. The van der Waals surface area contributed by atoms with Gasteiger partial charge in [-0.2, -0.15) is 3.89 Å². The molecule has 0 aromatic heterocycles. The predicted octanol–water partition coefficient (Wildman–Crippen LogP) is 4.91. The van der Waals surface area contributed by atoms with Crippen molar-refractivity contribution in [3.05, 3.63) is 52.3 Å². The topological polar surface area (TPSA) is 64.3 Å². The smallest absolute Gasteiger partial charge is 0.259 e. The number of halogens is 4. The van der Waals surface area contributed by atoms with E-state index in [0.29, 0.717) is 29.2 Å². The molecule has 4 nitrogen and oxygen atoms in total. The zero-order valence-corrected chi connectivity index (χ0v) is 15.1. The maximum absolute atomic E-state index is 13.2. The lowest BCUT2D eigenvalue weighted by atomic mass is 9.97. The minimum Gasteiger partial charge on any atom is -0.492 e. The van der Waals surface area contributed by atoms with Gasteiger partial charge < -0.3 is 15.8 Å². The van der Waals surface area contributed by atoms with Gasteiger partial charge in [0.25, 0.3) is 5.91 Å². The summed E-state index contributed by atoms with van der Waals surface area (Å²) in [5.74, 6) is -0.772. The summed E-state index contributed by atoms with van der Waals surface area (Å²) in [5, 5.41) is 2.52. The van der Waals surface area contributed by atoms with Gasteiger partial charge in [0.2, 0.25) is 0 Å². The number of hydrogen-bond acceptors (Lipinski definition) is 4. The monoisotopic (exact) mass is 406 g/mol. The molecule has 3 rings (SSSR count). The van der Waals surface area contributed by atoms with E-state index in [-0.39, 0.29) is 40.9 Å². The summed E-state index contributed by atoms with van der Waals surface area (Å²) in [5.41, 5.74) is 7.09. The van der Waals surface area contributed by atoms with E-state index in [9.17, 15) is 13.1 Å². The van der Waals surface area contributed by atoms with Crippen molar-refractivity contribution in [3.63, 3.8) is 0 Å². The van der Waals surface area contributed by atoms with Crippen LogP contribution in [0.5, 0.6) is 5.75 Å². The highest BCUT2D eigenvalue weighted by Gasteiger charge is 2.27. The third-order valence-electron chi connectivity index (χ3n) is 3.71. The molecule has 1 aliphatic heterocycles. The van der Waals surface area contributed by atoms with E-state index in [1.807, 2.05) is 0 Å². The van der Waals surface area contributed by atoms with Crippen LogP contribution in [0.1, 0.15) is 28.4 Å². The quantitative estimate of drug-likeness (QED) is 0.759. The minimum absolute atomic E-state index is 0. The van der Waals surface area contributed by atoms with Crippen LogP contribution in [0.3, 0.4) is 0 Å². The number of nitrogens with two attached hydrogens (primary N) is 1. The molecule has 9 heteroatoms. The molecule has 3 N–H and O–H groups in total. The first-order valence-electron chi connectivity index (χ1n) is 7.11. The van der Waals surface area contributed by atoms with Crippen molar-refractivity contribution in [2.75, 3.05) is 11.9 Å². The highest BCUT2D eigenvalue weighted by atomic mass is 35.5. The molecule has 0 spiro atoms. The normalized spacial score (nSPS) is 15.6. The average Bonchev–Trinajstić information content (AvgIpc) is 2.57. The van der Waals surface area contributed by atoms with Crippen molar-refractivity contribution in [1.29, 1.82) is 0 Å². The molecular weight excluding hydrogens is 393 g/mol. The third-order valence-corrected chi connectivity index (χ3v) is 4.52. The molecule has 1 aliphatic rings. The number of carbonyl (C=O) groups is 1. The molecule has 2 aromatic rings. The molecule has 1 heterocycles. The SMILES string of the molecule is Cl.NC1CCOc2c(C(=O)Nc3ccc(F)c(Cl)c3)ccc(SF)c21. The molecule has 0 fully saturated rings. The van der Waals surface area contributed by atoms with Gasteiger partial charge in [0.15, 0.2) is 0 Å². The van der Waals surface area contributed by atoms with E-state index < -0.39 is 17.8 Å². The maximum Gasteiger partial charge on any atom is 0.259 e. The van der Waals surface area contributed by atoms with Gasteiger partial charge in [0, 0.05) is 28.6 Å². The lowest BCUT2D eigenvalue weighted by Crippen LogP contribution is -2.24. The Morgan fingerprint density at radius 2 is 2.12 bits per heavy atom. The largest absolute Gasteiger partial charge is 0.492 e. The van der Waals surface area contributed by atoms with Crippen LogP contribution in [0.15, 0.2) is 35.2 Å². The van der Waals surface area contributed by atoms with Gasteiger partial charge in [-0.1, -0.05) is 11.6 Å². The summed E-state index contributed by atoms with van der Waals surface area (Å²) in [7, 11) is 0. The Kier molecular flexibility index (Phi) is 6.51. The summed E-state index contributed by atoms with van der Waals surface area (Å²) in [4.78, 5) is 12.9. The molecule has 2 aromatic carbocycles. The number of ether oxygens (including phenoxy) is 1. The highest BCUT2D eigenvalue weighted by Crippen LogP contribution is 2.41. The molecule has 1 unspecified atom stereocenters. The van der Waals surface area contributed by atoms with Crippen LogP contribution in [0, 0.1) is 5.82 Å².